The standard InChI is InChI=1S/C21H26FN3O/c1-15-23-19-5-3-2-4-18(19)20(24-15)25-11-10-21(13-25,14-26)12-16-6-8-17(22)9-7-16/h6-9,26H,2-5,10-14H2,1H3. The number of aliphatic hydroxyl groups is 1. The molecule has 1 aromatic carbocycles. The van der Waals surface area contributed by atoms with Crippen LogP contribution < -0.4 is 4.90 Å². The summed E-state index contributed by atoms with van der Waals surface area (Å²) in [6.45, 7) is 3.77. The van der Waals surface area contributed by atoms with Gasteiger partial charge in [-0.1, -0.05) is 12.1 Å². The lowest BCUT2D eigenvalue weighted by atomic mass is 9.81. The van der Waals surface area contributed by atoms with Gasteiger partial charge >= 0.3 is 0 Å². The Balaban J connectivity index is 1.59. The van der Waals surface area contributed by atoms with Crippen LogP contribution in [-0.2, 0) is 19.3 Å². The van der Waals surface area contributed by atoms with Crippen molar-refractivity contribution in [1.82, 2.24) is 9.97 Å². The number of aryl methyl sites for hydroxylation is 2. The van der Waals surface area contributed by atoms with Crippen molar-refractivity contribution in [2.75, 3.05) is 24.6 Å². The van der Waals surface area contributed by atoms with Crippen molar-refractivity contribution in [3.8, 4) is 0 Å². The van der Waals surface area contributed by atoms with Crippen molar-refractivity contribution in [3.05, 3.63) is 52.7 Å². The fourth-order valence-corrected chi connectivity index (χ4v) is 4.44. The molecule has 0 bridgehead atoms. The molecule has 1 unspecified atom stereocenters. The van der Waals surface area contributed by atoms with Gasteiger partial charge in [0.25, 0.3) is 0 Å². The van der Waals surface area contributed by atoms with Gasteiger partial charge < -0.3 is 10.0 Å². The van der Waals surface area contributed by atoms with E-state index in [-0.39, 0.29) is 17.8 Å². The van der Waals surface area contributed by atoms with Crippen LogP contribution in [0, 0.1) is 18.2 Å². The van der Waals surface area contributed by atoms with Gasteiger partial charge in [0.05, 0.1) is 6.61 Å². The van der Waals surface area contributed by atoms with Crippen molar-refractivity contribution in [1.29, 1.82) is 0 Å². The van der Waals surface area contributed by atoms with E-state index in [1.807, 2.05) is 19.1 Å². The summed E-state index contributed by atoms with van der Waals surface area (Å²) in [5, 5.41) is 10.2. The van der Waals surface area contributed by atoms with E-state index in [0.29, 0.717) is 0 Å². The number of rotatable bonds is 4. The normalized spacial score (nSPS) is 22.5. The largest absolute Gasteiger partial charge is 0.396 e. The Bertz CT molecular complexity index is 793. The van der Waals surface area contributed by atoms with Gasteiger partial charge in [-0.05, 0) is 63.1 Å². The number of nitrogens with zero attached hydrogens (tertiary/aromatic N) is 3. The van der Waals surface area contributed by atoms with Gasteiger partial charge in [0.1, 0.15) is 17.5 Å². The molecule has 5 heteroatoms. The number of halogens is 1. The molecule has 4 rings (SSSR count). The molecule has 0 radical (unpaired) electrons. The molecule has 1 saturated heterocycles. The summed E-state index contributed by atoms with van der Waals surface area (Å²) >= 11 is 0. The molecule has 1 aromatic heterocycles. The minimum Gasteiger partial charge on any atom is -0.396 e. The lowest BCUT2D eigenvalue weighted by Crippen LogP contribution is -2.33. The summed E-state index contributed by atoms with van der Waals surface area (Å²) in [6.07, 6.45) is 6.16. The lowest BCUT2D eigenvalue weighted by molar-refractivity contribution is 0.144. The van der Waals surface area contributed by atoms with Crippen molar-refractivity contribution in [2.45, 2.75) is 45.4 Å². The highest BCUT2D eigenvalue weighted by Gasteiger charge is 2.39. The summed E-state index contributed by atoms with van der Waals surface area (Å²) in [5.74, 6) is 1.69. The molecule has 2 aliphatic rings. The first-order valence-electron chi connectivity index (χ1n) is 9.55. The molecular weight excluding hydrogens is 329 g/mol. The Labute approximate surface area is 154 Å². The molecule has 138 valence electrons. The van der Waals surface area contributed by atoms with Gasteiger partial charge in [0.2, 0.25) is 0 Å². The molecule has 2 heterocycles. The predicted octanol–water partition coefficient (Wildman–Crippen LogP) is 3.23. The second-order valence-corrected chi connectivity index (χ2v) is 7.86. The quantitative estimate of drug-likeness (QED) is 0.915. The summed E-state index contributed by atoms with van der Waals surface area (Å²) in [4.78, 5) is 11.8. The number of fused-ring (bicyclic) bond motifs is 1. The van der Waals surface area contributed by atoms with Gasteiger partial charge in [-0.15, -0.1) is 0 Å². The number of anilines is 1. The Morgan fingerprint density at radius 2 is 1.92 bits per heavy atom. The Morgan fingerprint density at radius 1 is 1.15 bits per heavy atom. The molecule has 1 fully saturated rings. The van der Waals surface area contributed by atoms with Crippen LogP contribution in [0.25, 0.3) is 0 Å². The predicted molar refractivity (Wildman–Crippen MR) is 99.9 cm³/mol. The van der Waals surface area contributed by atoms with E-state index in [9.17, 15) is 9.50 Å². The maximum atomic E-state index is 13.2. The number of hydrogen-bond acceptors (Lipinski definition) is 4. The zero-order valence-corrected chi connectivity index (χ0v) is 15.3. The molecule has 1 aliphatic carbocycles. The Hall–Kier alpha value is -2.01. The van der Waals surface area contributed by atoms with Gasteiger partial charge in [0.15, 0.2) is 0 Å². The zero-order chi connectivity index (χ0) is 18.1. The van der Waals surface area contributed by atoms with Crippen LogP contribution >= 0.6 is 0 Å². The van der Waals surface area contributed by atoms with E-state index in [1.165, 1.54) is 36.2 Å². The minimum atomic E-state index is -0.220. The van der Waals surface area contributed by atoms with Crippen molar-refractivity contribution >= 4 is 5.82 Å². The van der Waals surface area contributed by atoms with Crippen LogP contribution in [0.15, 0.2) is 24.3 Å². The Morgan fingerprint density at radius 3 is 2.69 bits per heavy atom. The van der Waals surface area contributed by atoms with Gasteiger partial charge in [-0.2, -0.15) is 0 Å². The molecule has 26 heavy (non-hydrogen) atoms. The summed E-state index contributed by atoms with van der Waals surface area (Å²) < 4.78 is 13.2. The van der Waals surface area contributed by atoms with Crippen LogP contribution in [0.3, 0.4) is 0 Å². The van der Waals surface area contributed by atoms with Crippen LogP contribution in [0.5, 0.6) is 0 Å². The van der Waals surface area contributed by atoms with Crippen LogP contribution in [0.4, 0.5) is 10.2 Å². The highest BCUT2D eigenvalue weighted by molar-refractivity contribution is 5.51. The van der Waals surface area contributed by atoms with E-state index < -0.39 is 0 Å². The highest BCUT2D eigenvalue weighted by atomic mass is 19.1. The van der Waals surface area contributed by atoms with E-state index in [2.05, 4.69) is 9.88 Å². The average molecular weight is 355 g/mol. The number of benzene rings is 1. The molecule has 2 aromatic rings. The lowest BCUT2D eigenvalue weighted by Gasteiger charge is -2.29. The second-order valence-electron chi connectivity index (χ2n) is 7.86. The molecule has 0 amide bonds. The van der Waals surface area contributed by atoms with Crippen LogP contribution in [-0.4, -0.2) is 34.8 Å². The molecular formula is C21H26FN3O. The van der Waals surface area contributed by atoms with Crippen molar-refractivity contribution < 1.29 is 9.50 Å². The highest BCUT2D eigenvalue weighted by Crippen LogP contribution is 2.38. The maximum Gasteiger partial charge on any atom is 0.135 e. The number of hydrogen-bond donors (Lipinski definition) is 1. The molecule has 1 aliphatic heterocycles. The van der Waals surface area contributed by atoms with Crippen LogP contribution in [0.2, 0.25) is 0 Å². The molecule has 4 nitrogen and oxygen atoms in total. The SMILES string of the molecule is Cc1nc2c(c(N3CCC(CO)(Cc4ccc(F)cc4)C3)n1)CCCC2. The molecule has 0 spiro atoms. The maximum absolute atomic E-state index is 13.2. The molecule has 1 N–H and O–H groups in total. The smallest absolute Gasteiger partial charge is 0.135 e. The summed E-state index contributed by atoms with van der Waals surface area (Å²) in [5.41, 5.74) is 3.39. The monoisotopic (exact) mass is 355 g/mol. The third kappa shape index (κ3) is 3.32. The fourth-order valence-electron chi connectivity index (χ4n) is 4.44. The van der Waals surface area contributed by atoms with E-state index in [0.717, 1.165) is 56.0 Å². The van der Waals surface area contributed by atoms with Gasteiger partial charge in [-0.25, -0.2) is 14.4 Å². The van der Waals surface area contributed by atoms with Gasteiger partial charge in [-0.3, -0.25) is 0 Å². The third-order valence-corrected chi connectivity index (χ3v) is 5.84. The molecule has 0 saturated carbocycles. The fraction of sp³-hybridized carbons (Fsp3) is 0.524. The van der Waals surface area contributed by atoms with Crippen molar-refractivity contribution in [3.63, 3.8) is 0 Å². The third-order valence-electron chi connectivity index (χ3n) is 5.84. The number of aliphatic hydroxyl groups excluding tert-OH is 1. The topological polar surface area (TPSA) is 49.2 Å². The van der Waals surface area contributed by atoms with Crippen LogP contribution in [0.1, 0.15) is 41.9 Å². The Kier molecular flexibility index (Phi) is 4.65. The number of aromatic nitrogens is 2. The average Bonchev–Trinajstić information content (AvgIpc) is 3.07. The van der Waals surface area contributed by atoms with E-state index in [4.69, 9.17) is 4.98 Å². The minimum absolute atomic E-state index is 0.132. The first kappa shape index (κ1) is 17.4. The van der Waals surface area contributed by atoms with Gasteiger partial charge in [0, 0.05) is 29.8 Å². The summed E-state index contributed by atoms with van der Waals surface area (Å²) in [6, 6.07) is 6.65. The summed E-state index contributed by atoms with van der Waals surface area (Å²) in [7, 11) is 0. The zero-order valence-electron chi connectivity index (χ0n) is 15.3. The van der Waals surface area contributed by atoms with Crippen molar-refractivity contribution in [2.24, 2.45) is 5.41 Å². The first-order chi connectivity index (χ1) is 12.6. The second kappa shape index (κ2) is 6.95. The first-order valence-corrected chi connectivity index (χ1v) is 9.55. The van der Waals surface area contributed by atoms with E-state index >= 15 is 0 Å². The van der Waals surface area contributed by atoms with E-state index in [1.54, 1.807) is 0 Å². The molecule has 1 atom stereocenters.